The largest absolute Gasteiger partial charge is 0.497 e. The summed E-state index contributed by atoms with van der Waals surface area (Å²) in [5.74, 6) is 1.46. The fraction of sp³-hybridized carbons (Fsp3) is 0.360. The van der Waals surface area contributed by atoms with Crippen LogP contribution in [0.25, 0.3) is 10.9 Å². The number of nitrogens with zero attached hydrogens (tertiary/aromatic N) is 1. The number of rotatable bonds is 7. The number of carbonyl (C=O) groups is 1. The van der Waals surface area contributed by atoms with Crippen LogP contribution < -0.4 is 14.8 Å². The second-order valence-electron chi connectivity index (χ2n) is 7.74. The topological polar surface area (TPSA) is 69.7 Å². The Morgan fingerprint density at radius 2 is 1.90 bits per heavy atom. The highest BCUT2D eigenvalue weighted by Crippen LogP contribution is 2.38. The van der Waals surface area contributed by atoms with Gasteiger partial charge >= 0.3 is 0 Å². The number of aromatic nitrogens is 1. The maximum atomic E-state index is 13.7. The number of nitrogens with one attached hydrogen (secondary N) is 1. The number of ether oxygens (including phenoxy) is 3. The average Bonchev–Trinajstić information content (AvgIpc) is 2.84. The van der Waals surface area contributed by atoms with Crippen molar-refractivity contribution in [3.05, 3.63) is 60.3 Å². The molecule has 1 saturated heterocycles. The Morgan fingerprint density at radius 3 is 2.61 bits per heavy atom. The number of amides is 1. The van der Waals surface area contributed by atoms with Gasteiger partial charge in [-0.1, -0.05) is 19.1 Å². The number of benzene rings is 2. The predicted octanol–water partition coefficient (Wildman–Crippen LogP) is 4.72. The van der Waals surface area contributed by atoms with Gasteiger partial charge in [-0.15, -0.1) is 0 Å². The number of pyridine rings is 1. The molecule has 2 aromatic carbocycles. The first-order valence-corrected chi connectivity index (χ1v) is 10.7. The molecule has 162 valence electrons. The van der Waals surface area contributed by atoms with E-state index in [1.807, 2.05) is 48.5 Å². The summed E-state index contributed by atoms with van der Waals surface area (Å²) in [7, 11) is 1.64. The Balaban J connectivity index is 1.68. The van der Waals surface area contributed by atoms with Gasteiger partial charge in [0, 0.05) is 24.8 Å². The highest BCUT2D eigenvalue weighted by molar-refractivity contribution is 6.06. The molecule has 0 bridgehead atoms. The lowest BCUT2D eigenvalue weighted by Gasteiger charge is -2.36. The zero-order chi connectivity index (χ0) is 21.7. The second kappa shape index (κ2) is 9.35. The summed E-state index contributed by atoms with van der Waals surface area (Å²) in [6.07, 6.45) is 3.90. The van der Waals surface area contributed by atoms with Crippen molar-refractivity contribution in [2.45, 2.75) is 31.6 Å². The molecule has 2 heterocycles. The average molecular weight is 421 g/mol. The van der Waals surface area contributed by atoms with E-state index in [9.17, 15) is 4.79 Å². The van der Waals surface area contributed by atoms with Crippen molar-refractivity contribution in [3.63, 3.8) is 0 Å². The Morgan fingerprint density at radius 1 is 1.13 bits per heavy atom. The molecule has 6 nitrogen and oxygen atoms in total. The summed E-state index contributed by atoms with van der Waals surface area (Å²) in [5, 5.41) is 4.05. The number of methoxy groups -OCH3 is 1. The normalized spacial score (nSPS) is 15.4. The highest BCUT2D eigenvalue weighted by atomic mass is 16.5. The molecule has 31 heavy (non-hydrogen) atoms. The summed E-state index contributed by atoms with van der Waals surface area (Å²) in [6, 6.07) is 15.4. The number of carbonyl (C=O) groups excluding carboxylic acids is 1. The lowest BCUT2D eigenvalue weighted by molar-refractivity contribution is -0.125. The molecule has 1 fully saturated rings. The van der Waals surface area contributed by atoms with E-state index in [4.69, 9.17) is 14.2 Å². The molecular weight excluding hydrogens is 392 g/mol. The van der Waals surface area contributed by atoms with Gasteiger partial charge in [0.2, 0.25) is 5.91 Å². The number of fused-ring (bicyclic) bond motifs is 1. The van der Waals surface area contributed by atoms with E-state index in [1.54, 1.807) is 13.3 Å². The molecule has 4 rings (SSSR count). The van der Waals surface area contributed by atoms with Crippen LogP contribution in [0.2, 0.25) is 0 Å². The van der Waals surface area contributed by atoms with E-state index in [-0.39, 0.29) is 5.91 Å². The second-order valence-corrected chi connectivity index (χ2v) is 7.74. The van der Waals surface area contributed by atoms with Gasteiger partial charge in [0.25, 0.3) is 0 Å². The maximum Gasteiger partial charge on any atom is 0.235 e. The Kier molecular flexibility index (Phi) is 6.37. The molecule has 1 aliphatic rings. The van der Waals surface area contributed by atoms with Crippen molar-refractivity contribution in [3.8, 4) is 11.5 Å². The van der Waals surface area contributed by atoms with Crippen LogP contribution in [0.1, 0.15) is 31.7 Å². The third-order valence-corrected chi connectivity index (χ3v) is 5.87. The standard InChI is InChI=1S/C25H28N2O4/c1-3-15-31-22-11-10-21(20-5-4-14-26-23(20)22)27-24(28)25(12-16-30-17-13-25)18-6-8-19(29-2)9-7-18/h4-11,14H,3,12-13,15-17H2,1-2H3,(H,27,28). The van der Waals surface area contributed by atoms with Gasteiger partial charge in [0.1, 0.15) is 17.0 Å². The highest BCUT2D eigenvalue weighted by Gasteiger charge is 2.42. The fourth-order valence-corrected chi connectivity index (χ4v) is 4.10. The van der Waals surface area contributed by atoms with Gasteiger partial charge in [-0.05, 0) is 61.2 Å². The summed E-state index contributed by atoms with van der Waals surface area (Å²) < 4.78 is 16.7. The quantitative estimate of drug-likeness (QED) is 0.599. The minimum atomic E-state index is -0.656. The summed E-state index contributed by atoms with van der Waals surface area (Å²) in [5.41, 5.74) is 1.80. The van der Waals surface area contributed by atoms with E-state index >= 15 is 0 Å². The van der Waals surface area contributed by atoms with Gasteiger partial charge in [0.05, 0.1) is 24.8 Å². The van der Waals surface area contributed by atoms with Crippen molar-refractivity contribution >= 4 is 22.5 Å². The summed E-state index contributed by atoms with van der Waals surface area (Å²) >= 11 is 0. The van der Waals surface area contributed by atoms with Gasteiger partial charge in [-0.2, -0.15) is 0 Å². The van der Waals surface area contributed by atoms with Crippen LogP contribution in [0, 0.1) is 0 Å². The van der Waals surface area contributed by atoms with Crippen LogP contribution >= 0.6 is 0 Å². The summed E-state index contributed by atoms with van der Waals surface area (Å²) in [6.45, 7) is 3.78. The summed E-state index contributed by atoms with van der Waals surface area (Å²) in [4.78, 5) is 18.2. The molecule has 3 aromatic rings. The van der Waals surface area contributed by atoms with Crippen molar-refractivity contribution in [1.29, 1.82) is 0 Å². The minimum Gasteiger partial charge on any atom is -0.497 e. The lowest BCUT2D eigenvalue weighted by Crippen LogP contribution is -2.44. The number of anilines is 1. The van der Waals surface area contributed by atoms with Gasteiger partial charge in [-0.3, -0.25) is 9.78 Å². The predicted molar refractivity (Wildman–Crippen MR) is 121 cm³/mol. The van der Waals surface area contributed by atoms with Crippen LogP contribution in [0.4, 0.5) is 5.69 Å². The first-order chi connectivity index (χ1) is 15.2. The van der Waals surface area contributed by atoms with Crippen LogP contribution in [0.3, 0.4) is 0 Å². The molecule has 1 aliphatic heterocycles. The Hall–Kier alpha value is -3.12. The van der Waals surface area contributed by atoms with Crippen LogP contribution in [-0.4, -0.2) is 37.8 Å². The zero-order valence-corrected chi connectivity index (χ0v) is 18.0. The number of hydrogen-bond donors (Lipinski definition) is 1. The van der Waals surface area contributed by atoms with E-state index in [2.05, 4.69) is 17.2 Å². The monoisotopic (exact) mass is 420 g/mol. The molecule has 0 radical (unpaired) electrons. The van der Waals surface area contributed by atoms with Gasteiger partial charge < -0.3 is 19.5 Å². The molecule has 1 aromatic heterocycles. The lowest BCUT2D eigenvalue weighted by atomic mass is 9.73. The smallest absolute Gasteiger partial charge is 0.235 e. The van der Waals surface area contributed by atoms with E-state index in [0.717, 1.165) is 40.1 Å². The van der Waals surface area contributed by atoms with Crippen molar-refractivity contribution in [2.75, 3.05) is 32.2 Å². The zero-order valence-electron chi connectivity index (χ0n) is 18.0. The SMILES string of the molecule is CCCOc1ccc(NC(=O)C2(c3ccc(OC)cc3)CCOCC2)c2cccnc12. The molecule has 0 atom stereocenters. The molecule has 1 N–H and O–H groups in total. The van der Waals surface area contributed by atoms with Gasteiger partial charge in [0.15, 0.2) is 0 Å². The van der Waals surface area contributed by atoms with E-state index in [1.165, 1.54) is 0 Å². The molecule has 6 heteroatoms. The third-order valence-electron chi connectivity index (χ3n) is 5.87. The van der Waals surface area contributed by atoms with Crippen molar-refractivity contribution in [2.24, 2.45) is 0 Å². The molecule has 0 aliphatic carbocycles. The van der Waals surface area contributed by atoms with Crippen molar-refractivity contribution in [1.82, 2.24) is 4.98 Å². The fourth-order valence-electron chi connectivity index (χ4n) is 4.10. The van der Waals surface area contributed by atoms with E-state index in [0.29, 0.717) is 32.7 Å². The molecule has 1 amide bonds. The maximum absolute atomic E-state index is 13.7. The molecule has 0 spiro atoms. The Bertz CT molecular complexity index is 1040. The minimum absolute atomic E-state index is 0.0339. The molecule has 0 saturated carbocycles. The first kappa shape index (κ1) is 21.1. The molecule has 0 unspecified atom stereocenters. The first-order valence-electron chi connectivity index (χ1n) is 10.7. The third kappa shape index (κ3) is 4.21. The van der Waals surface area contributed by atoms with Crippen LogP contribution in [0.5, 0.6) is 11.5 Å². The number of hydrogen-bond acceptors (Lipinski definition) is 5. The van der Waals surface area contributed by atoms with Crippen molar-refractivity contribution < 1.29 is 19.0 Å². The van der Waals surface area contributed by atoms with E-state index < -0.39 is 5.41 Å². The van der Waals surface area contributed by atoms with Crippen LogP contribution in [-0.2, 0) is 14.9 Å². The Labute approximate surface area is 182 Å². The molecular formula is C25H28N2O4. The van der Waals surface area contributed by atoms with Crippen LogP contribution in [0.15, 0.2) is 54.7 Å². The van der Waals surface area contributed by atoms with Gasteiger partial charge in [-0.25, -0.2) is 0 Å².